The quantitative estimate of drug-likeness (QED) is 0.355. The van der Waals surface area contributed by atoms with Crippen molar-refractivity contribution in [1.29, 1.82) is 0 Å². The zero-order valence-corrected chi connectivity index (χ0v) is 25.5. The molecule has 0 heterocycles. The van der Waals surface area contributed by atoms with Gasteiger partial charge in [0, 0.05) is 17.6 Å². The fourth-order valence-corrected chi connectivity index (χ4v) is 4.48. The minimum Gasteiger partial charge on any atom is -0.444 e. The van der Waals surface area contributed by atoms with Crippen LogP contribution in [0.2, 0.25) is 0 Å². The van der Waals surface area contributed by atoms with E-state index in [1.54, 1.807) is 65.8 Å². The first kappa shape index (κ1) is 33.1. The molecule has 0 aliphatic rings. The summed E-state index contributed by atoms with van der Waals surface area (Å²) in [5, 5.41) is 5.65. The van der Waals surface area contributed by atoms with Gasteiger partial charge in [-0.15, -0.1) is 0 Å². The Morgan fingerprint density at radius 3 is 2.10 bits per heavy atom. The number of nitrogens with two attached hydrogens (primary N) is 1. The van der Waals surface area contributed by atoms with Crippen LogP contribution in [0.25, 0.3) is 6.08 Å². The van der Waals surface area contributed by atoms with Crippen molar-refractivity contribution >= 4 is 35.6 Å². The van der Waals surface area contributed by atoms with E-state index in [1.165, 1.54) is 4.90 Å². The molecule has 41 heavy (non-hydrogen) atoms. The second-order valence-electron chi connectivity index (χ2n) is 12.1. The number of hydrogen-bond acceptors (Lipinski definition) is 5. The largest absolute Gasteiger partial charge is 0.444 e. The van der Waals surface area contributed by atoms with Gasteiger partial charge in [0.25, 0.3) is 5.91 Å². The molecular weight excluding hydrogens is 520 g/mol. The lowest BCUT2D eigenvalue weighted by molar-refractivity contribution is -0.147. The molecule has 9 nitrogen and oxygen atoms in total. The third kappa shape index (κ3) is 9.48. The van der Waals surface area contributed by atoms with Crippen LogP contribution >= 0.6 is 0 Å². The Morgan fingerprint density at radius 2 is 1.59 bits per heavy atom. The maximum atomic E-state index is 14.4. The minimum absolute atomic E-state index is 0.0715. The molecule has 0 saturated heterocycles. The topological polar surface area (TPSA) is 131 Å². The van der Waals surface area contributed by atoms with E-state index in [1.807, 2.05) is 38.1 Å². The molecule has 2 unspecified atom stereocenters. The highest BCUT2D eigenvalue weighted by atomic mass is 16.6. The van der Waals surface area contributed by atoms with Crippen LogP contribution in [0.1, 0.15) is 82.7 Å². The second kappa shape index (κ2) is 13.5. The number of nitrogens with one attached hydrogen (secondary N) is 2. The lowest BCUT2D eigenvalue weighted by Crippen LogP contribution is -2.58. The fourth-order valence-electron chi connectivity index (χ4n) is 4.48. The van der Waals surface area contributed by atoms with E-state index < -0.39 is 47.0 Å². The van der Waals surface area contributed by atoms with Crippen LogP contribution in [-0.2, 0) is 19.1 Å². The maximum absolute atomic E-state index is 14.4. The van der Waals surface area contributed by atoms with Gasteiger partial charge in [-0.3, -0.25) is 14.4 Å². The van der Waals surface area contributed by atoms with Gasteiger partial charge >= 0.3 is 6.09 Å². The molecule has 0 aromatic heterocycles. The molecule has 0 fully saturated rings. The van der Waals surface area contributed by atoms with Gasteiger partial charge in [0.05, 0.1) is 0 Å². The molecule has 2 rings (SSSR count). The van der Waals surface area contributed by atoms with E-state index in [2.05, 4.69) is 17.2 Å². The molecule has 2 aromatic carbocycles. The maximum Gasteiger partial charge on any atom is 0.408 e. The summed E-state index contributed by atoms with van der Waals surface area (Å²) in [6.07, 6.45) is 0.611. The van der Waals surface area contributed by atoms with Crippen molar-refractivity contribution in [3.63, 3.8) is 0 Å². The fraction of sp³-hybridized carbons (Fsp3) is 0.438. The first-order valence-corrected chi connectivity index (χ1v) is 13.6. The predicted octanol–water partition coefficient (Wildman–Crippen LogP) is 5.41. The lowest BCUT2D eigenvalue weighted by atomic mass is 9.93. The molecule has 2 atom stereocenters. The van der Waals surface area contributed by atoms with Crippen molar-refractivity contribution in [2.24, 2.45) is 5.73 Å². The highest BCUT2D eigenvalue weighted by Crippen LogP contribution is 2.33. The van der Waals surface area contributed by atoms with E-state index >= 15 is 0 Å². The SMILES string of the molecule is C=Cc1cccc(C(C(=O)Nc2c(C)cccc2C)N(C(=O)C(CCC(N)=O)NC(=O)OC(C)(C)C)C(C)(C)C)c1. The minimum atomic E-state index is -1.19. The monoisotopic (exact) mass is 564 g/mol. The highest BCUT2D eigenvalue weighted by molar-refractivity contribution is 6.00. The van der Waals surface area contributed by atoms with Crippen molar-refractivity contribution in [1.82, 2.24) is 10.2 Å². The van der Waals surface area contributed by atoms with Gasteiger partial charge in [-0.25, -0.2) is 4.79 Å². The summed E-state index contributed by atoms with van der Waals surface area (Å²) in [6, 6.07) is 10.6. The number of carbonyl (C=O) groups excluding carboxylic acids is 4. The Labute approximate surface area is 243 Å². The third-order valence-electron chi connectivity index (χ3n) is 6.33. The molecule has 0 aliphatic carbocycles. The van der Waals surface area contributed by atoms with Crippen LogP contribution in [0.5, 0.6) is 0 Å². The van der Waals surface area contributed by atoms with Gasteiger partial charge in [0.15, 0.2) is 0 Å². The van der Waals surface area contributed by atoms with Gasteiger partial charge in [-0.1, -0.05) is 49.1 Å². The second-order valence-corrected chi connectivity index (χ2v) is 12.1. The number of anilines is 1. The zero-order valence-electron chi connectivity index (χ0n) is 25.5. The van der Waals surface area contributed by atoms with Gasteiger partial charge in [0.2, 0.25) is 11.8 Å². The number of ether oxygens (including phenoxy) is 1. The van der Waals surface area contributed by atoms with Crippen molar-refractivity contribution in [3.05, 3.63) is 71.3 Å². The number of hydrogen-bond donors (Lipinski definition) is 3. The normalized spacial score (nSPS) is 13.0. The summed E-state index contributed by atoms with van der Waals surface area (Å²) >= 11 is 0. The van der Waals surface area contributed by atoms with E-state index in [0.29, 0.717) is 11.3 Å². The predicted molar refractivity (Wildman–Crippen MR) is 162 cm³/mol. The Balaban J connectivity index is 2.68. The highest BCUT2D eigenvalue weighted by Gasteiger charge is 2.42. The molecule has 222 valence electrons. The average molecular weight is 565 g/mol. The Hall–Kier alpha value is -4.14. The number of carbonyl (C=O) groups is 4. The number of nitrogens with zero attached hydrogens (tertiary/aromatic N) is 1. The number of amides is 4. The Bertz CT molecular complexity index is 1270. The first-order chi connectivity index (χ1) is 18.9. The summed E-state index contributed by atoms with van der Waals surface area (Å²) in [6.45, 7) is 18.2. The van der Waals surface area contributed by atoms with E-state index in [9.17, 15) is 19.2 Å². The van der Waals surface area contributed by atoms with Gasteiger partial charge in [-0.2, -0.15) is 0 Å². The van der Waals surface area contributed by atoms with Crippen LogP contribution in [-0.4, -0.2) is 45.9 Å². The number of para-hydroxylation sites is 1. The molecule has 0 aliphatic heterocycles. The molecule has 0 bridgehead atoms. The van der Waals surface area contributed by atoms with Crippen LogP contribution in [0, 0.1) is 13.8 Å². The van der Waals surface area contributed by atoms with Crippen molar-refractivity contribution in [2.45, 2.75) is 91.5 Å². The van der Waals surface area contributed by atoms with Gasteiger partial charge < -0.3 is 26.0 Å². The Morgan fingerprint density at radius 1 is 1.00 bits per heavy atom. The summed E-state index contributed by atoms with van der Waals surface area (Å²) in [5.74, 6) is -1.62. The summed E-state index contributed by atoms with van der Waals surface area (Å²) in [5.41, 5.74) is 7.41. The van der Waals surface area contributed by atoms with Crippen LogP contribution < -0.4 is 16.4 Å². The Kier molecular flexibility index (Phi) is 10.9. The van der Waals surface area contributed by atoms with Crippen LogP contribution in [0.4, 0.5) is 10.5 Å². The van der Waals surface area contributed by atoms with Crippen LogP contribution in [0.3, 0.4) is 0 Å². The van der Waals surface area contributed by atoms with Crippen molar-refractivity contribution in [2.75, 3.05) is 5.32 Å². The smallest absolute Gasteiger partial charge is 0.408 e. The first-order valence-electron chi connectivity index (χ1n) is 13.6. The number of primary amides is 1. The third-order valence-corrected chi connectivity index (χ3v) is 6.33. The van der Waals surface area contributed by atoms with Gasteiger partial charge in [0.1, 0.15) is 17.7 Å². The molecule has 0 spiro atoms. The summed E-state index contributed by atoms with van der Waals surface area (Å²) in [7, 11) is 0. The number of aryl methyl sites for hydroxylation is 2. The molecular formula is C32H44N4O5. The van der Waals surface area contributed by atoms with Gasteiger partial charge in [-0.05, 0) is 90.1 Å². The summed E-state index contributed by atoms with van der Waals surface area (Å²) < 4.78 is 5.39. The standard InChI is InChI=1S/C32H44N4O5/c1-10-22-15-12-16-23(19-22)27(28(38)35-26-20(2)13-11-14-21(26)3)36(31(4,5)6)29(39)24(17-18-25(33)37)34-30(40)41-32(7,8)9/h10-16,19,24,27H,1,17-18H2,2-9H3,(H2,33,37)(H,34,40)(H,35,38). The lowest BCUT2D eigenvalue weighted by Gasteiger charge is -2.43. The molecule has 0 radical (unpaired) electrons. The molecule has 0 saturated carbocycles. The molecule has 4 N–H and O–H groups in total. The number of benzene rings is 2. The number of rotatable bonds is 10. The van der Waals surface area contributed by atoms with Crippen LogP contribution in [0.15, 0.2) is 49.0 Å². The van der Waals surface area contributed by atoms with E-state index in [0.717, 1.165) is 16.7 Å². The van der Waals surface area contributed by atoms with E-state index in [-0.39, 0.29) is 12.8 Å². The molecule has 9 heteroatoms. The number of alkyl carbamates (subject to hydrolysis) is 1. The average Bonchev–Trinajstić information content (AvgIpc) is 2.84. The molecule has 2 aromatic rings. The van der Waals surface area contributed by atoms with Crippen molar-refractivity contribution < 1.29 is 23.9 Å². The van der Waals surface area contributed by atoms with E-state index in [4.69, 9.17) is 10.5 Å². The summed E-state index contributed by atoms with van der Waals surface area (Å²) in [4.78, 5) is 54.4. The van der Waals surface area contributed by atoms with Crippen molar-refractivity contribution in [3.8, 4) is 0 Å². The zero-order chi connectivity index (χ0) is 31.1. The molecule has 4 amide bonds.